The maximum Gasteiger partial charge on any atom is 0.414 e. The lowest BCUT2D eigenvalue weighted by Crippen LogP contribution is -2.36. The van der Waals surface area contributed by atoms with E-state index in [1.54, 1.807) is 12.1 Å². The zero-order valence-corrected chi connectivity index (χ0v) is 15.0. The number of benzene rings is 1. The average Bonchev–Trinajstić information content (AvgIpc) is 3.01. The summed E-state index contributed by atoms with van der Waals surface area (Å²) in [6.45, 7) is 2.75. The molecular formula is C18H22FN3O5. The van der Waals surface area contributed by atoms with Crippen LogP contribution >= 0.6 is 0 Å². The quantitative estimate of drug-likeness (QED) is 0.806. The van der Waals surface area contributed by atoms with Gasteiger partial charge in [-0.25, -0.2) is 9.18 Å². The third-order valence-electron chi connectivity index (χ3n) is 4.88. The summed E-state index contributed by atoms with van der Waals surface area (Å²) >= 11 is 0. The zero-order valence-electron chi connectivity index (χ0n) is 15.0. The number of carbonyl (C=O) groups is 3. The second-order valence-corrected chi connectivity index (χ2v) is 6.79. The van der Waals surface area contributed by atoms with Crippen molar-refractivity contribution in [3.63, 3.8) is 0 Å². The van der Waals surface area contributed by atoms with Crippen molar-refractivity contribution in [2.45, 2.75) is 25.9 Å². The van der Waals surface area contributed by atoms with Gasteiger partial charge in [-0.3, -0.25) is 14.5 Å². The van der Waals surface area contributed by atoms with E-state index in [-0.39, 0.29) is 24.9 Å². The van der Waals surface area contributed by atoms with Crippen molar-refractivity contribution < 1.29 is 28.6 Å². The Morgan fingerprint density at radius 1 is 1.33 bits per heavy atom. The standard InChI is InChI=1S/C18H22FN3O5/c1-11(23)20-9-14-10-22(18(26)27-14)13-2-3-16(15(19)8-13)21-6-4-12(5-7-21)17(24)25/h2-3,8,12,14H,4-7,9-10H2,1H3,(H,20,23)(H,24,25). The lowest BCUT2D eigenvalue weighted by atomic mass is 9.96. The molecule has 1 aromatic carbocycles. The number of nitrogens with one attached hydrogen (secondary N) is 1. The first-order valence-electron chi connectivity index (χ1n) is 8.85. The Labute approximate surface area is 155 Å². The number of aliphatic carboxylic acids is 1. The van der Waals surface area contributed by atoms with Crippen molar-refractivity contribution in [3.8, 4) is 0 Å². The number of halogens is 1. The van der Waals surface area contributed by atoms with E-state index in [4.69, 9.17) is 9.84 Å². The van der Waals surface area contributed by atoms with Gasteiger partial charge in [0.1, 0.15) is 11.9 Å². The van der Waals surface area contributed by atoms with Gasteiger partial charge in [0, 0.05) is 20.0 Å². The number of nitrogens with zero attached hydrogens (tertiary/aromatic N) is 2. The minimum Gasteiger partial charge on any atom is -0.481 e. The number of amides is 2. The smallest absolute Gasteiger partial charge is 0.414 e. The molecule has 0 spiro atoms. The van der Waals surface area contributed by atoms with E-state index >= 15 is 0 Å². The molecular weight excluding hydrogens is 357 g/mol. The third kappa shape index (κ3) is 4.29. The van der Waals surface area contributed by atoms with Crippen LogP contribution in [-0.2, 0) is 14.3 Å². The lowest BCUT2D eigenvalue weighted by molar-refractivity contribution is -0.142. The fourth-order valence-electron chi connectivity index (χ4n) is 3.38. The number of carboxylic acids is 1. The van der Waals surface area contributed by atoms with E-state index in [0.29, 0.717) is 37.3 Å². The highest BCUT2D eigenvalue weighted by atomic mass is 19.1. The van der Waals surface area contributed by atoms with Gasteiger partial charge in [-0.05, 0) is 31.0 Å². The van der Waals surface area contributed by atoms with Crippen LogP contribution in [0.2, 0.25) is 0 Å². The zero-order chi connectivity index (χ0) is 19.6. The molecule has 2 N–H and O–H groups in total. The van der Waals surface area contributed by atoms with Crippen molar-refractivity contribution in [3.05, 3.63) is 24.0 Å². The van der Waals surface area contributed by atoms with E-state index in [9.17, 15) is 18.8 Å². The van der Waals surface area contributed by atoms with Crippen molar-refractivity contribution in [2.24, 2.45) is 5.92 Å². The van der Waals surface area contributed by atoms with Crippen LogP contribution in [-0.4, -0.2) is 55.4 Å². The SMILES string of the molecule is CC(=O)NCC1CN(c2ccc(N3CCC(C(=O)O)CC3)c(F)c2)C(=O)O1. The molecule has 0 radical (unpaired) electrons. The summed E-state index contributed by atoms with van der Waals surface area (Å²) in [5, 5.41) is 11.6. The highest BCUT2D eigenvalue weighted by Crippen LogP contribution is 2.30. The maximum absolute atomic E-state index is 14.6. The van der Waals surface area contributed by atoms with Gasteiger partial charge in [-0.1, -0.05) is 0 Å². The Morgan fingerprint density at radius 3 is 2.63 bits per heavy atom. The largest absolute Gasteiger partial charge is 0.481 e. The molecule has 1 atom stereocenters. The van der Waals surface area contributed by atoms with Gasteiger partial charge in [0.05, 0.1) is 30.4 Å². The van der Waals surface area contributed by atoms with Gasteiger partial charge in [0.15, 0.2) is 0 Å². The number of carboxylic acid groups (broad SMARTS) is 1. The second kappa shape index (κ2) is 7.81. The number of anilines is 2. The van der Waals surface area contributed by atoms with Crippen molar-refractivity contribution >= 4 is 29.3 Å². The number of rotatable bonds is 5. The molecule has 0 saturated carbocycles. The fourth-order valence-corrected chi connectivity index (χ4v) is 3.38. The first kappa shape index (κ1) is 18.9. The summed E-state index contributed by atoms with van der Waals surface area (Å²) in [7, 11) is 0. The van der Waals surface area contributed by atoms with Crippen LogP contribution in [0.5, 0.6) is 0 Å². The van der Waals surface area contributed by atoms with Gasteiger partial charge in [-0.15, -0.1) is 0 Å². The third-order valence-corrected chi connectivity index (χ3v) is 4.88. The molecule has 9 heteroatoms. The second-order valence-electron chi connectivity index (χ2n) is 6.79. The van der Waals surface area contributed by atoms with E-state index in [1.807, 2.05) is 4.90 Å². The van der Waals surface area contributed by atoms with Crippen LogP contribution in [0.4, 0.5) is 20.6 Å². The van der Waals surface area contributed by atoms with Gasteiger partial charge in [0.25, 0.3) is 0 Å². The van der Waals surface area contributed by atoms with Crippen LogP contribution in [0.3, 0.4) is 0 Å². The summed E-state index contributed by atoms with van der Waals surface area (Å²) in [6, 6.07) is 4.52. The Kier molecular flexibility index (Phi) is 5.48. The number of hydrogen-bond donors (Lipinski definition) is 2. The number of carbonyl (C=O) groups excluding carboxylic acids is 2. The Hall–Kier alpha value is -2.84. The Morgan fingerprint density at radius 2 is 2.04 bits per heavy atom. The van der Waals surface area contributed by atoms with E-state index < -0.39 is 24.0 Å². The molecule has 0 aliphatic carbocycles. The van der Waals surface area contributed by atoms with Crippen LogP contribution in [0.1, 0.15) is 19.8 Å². The molecule has 2 amide bonds. The Balaban J connectivity index is 1.66. The van der Waals surface area contributed by atoms with E-state index in [2.05, 4.69) is 5.32 Å². The number of ether oxygens (including phenoxy) is 1. The lowest BCUT2D eigenvalue weighted by Gasteiger charge is -2.32. The molecule has 27 heavy (non-hydrogen) atoms. The molecule has 0 bridgehead atoms. The van der Waals surface area contributed by atoms with Crippen LogP contribution in [0.15, 0.2) is 18.2 Å². The van der Waals surface area contributed by atoms with Crippen molar-refractivity contribution in [1.29, 1.82) is 0 Å². The normalized spacial score (nSPS) is 20.5. The summed E-state index contributed by atoms with van der Waals surface area (Å²) in [4.78, 5) is 37.2. The van der Waals surface area contributed by atoms with Gasteiger partial charge in [0.2, 0.25) is 5.91 Å². The number of cyclic esters (lactones) is 1. The summed E-state index contributed by atoms with van der Waals surface area (Å²) in [5.41, 5.74) is 0.775. The molecule has 1 unspecified atom stereocenters. The van der Waals surface area contributed by atoms with E-state index in [1.165, 1.54) is 17.9 Å². The van der Waals surface area contributed by atoms with E-state index in [0.717, 1.165) is 0 Å². The predicted molar refractivity (Wildman–Crippen MR) is 95.3 cm³/mol. The first-order valence-corrected chi connectivity index (χ1v) is 8.85. The molecule has 2 heterocycles. The van der Waals surface area contributed by atoms with Crippen molar-refractivity contribution in [1.82, 2.24) is 5.32 Å². The summed E-state index contributed by atoms with van der Waals surface area (Å²) in [5.74, 6) is -1.89. The number of hydrogen-bond acceptors (Lipinski definition) is 5. The topological polar surface area (TPSA) is 99.2 Å². The fraction of sp³-hybridized carbons (Fsp3) is 0.500. The van der Waals surface area contributed by atoms with Gasteiger partial charge < -0.3 is 20.1 Å². The Bertz CT molecular complexity index is 749. The molecule has 2 saturated heterocycles. The highest BCUT2D eigenvalue weighted by Gasteiger charge is 2.33. The minimum atomic E-state index is -0.813. The summed E-state index contributed by atoms with van der Waals surface area (Å²) in [6.07, 6.45) is -0.126. The molecule has 2 aliphatic rings. The highest BCUT2D eigenvalue weighted by molar-refractivity contribution is 5.90. The molecule has 146 valence electrons. The molecule has 8 nitrogen and oxygen atoms in total. The monoisotopic (exact) mass is 379 g/mol. The molecule has 2 fully saturated rings. The average molecular weight is 379 g/mol. The van der Waals surface area contributed by atoms with Crippen LogP contribution in [0, 0.1) is 11.7 Å². The van der Waals surface area contributed by atoms with Gasteiger partial charge >= 0.3 is 12.1 Å². The molecule has 2 aliphatic heterocycles. The van der Waals surface area contributed by atoms with Crippen LogP contribution < -0.4 is 15.1 Å². The first-order chi connectivity index (χ1) is 12.8. The summed E-state index contributed by atoms with van der Waals surface area (Å²) < 4.78 is 19.8. The number of piperidine rings is 1. The molecule has 1 aromatic rings. The van der Waals surface area contributed by atoms with Crippen LogP contribution in [0.25, 0.3) is 0 Å². The maximum atomic E-state index is 14.6. The van der Waals surface area contributed by atoms with Crippen molar-refractivity contribution in [2.75, 3.05) is 36.0 Å². The molecule has 3 rings (SSSR count). The predicted octanol–water partition coefficient (Wildman–Crippen LogP) is 1.59. The molecule has 0 aromatic heterocycles. The minimum absolute atomic E-state index is 0.205. The van der Waals surface area contributed by atoms with Gasteiger partial charge in [-0.2, -0.15) is 0 Å².